The minimum absolute atomic E-state index is 0.0639. The Bertz CT molecular complexity index is 509. The van der Waals surface area contributed by atoms with Crippen molar-refractivity contribution in [2.24, 2.45) is 0 Å². The van der Waals surface area contributed by atoms with Gasteiger partial charge >= 0.3 is 0 Å². The van der Waals surface area contributed by atoms with Gasteiger partial charge in [0.1, 0.15) is 4.90 Å². The third kappa shape index (κ3) is 3.20. The van der Waals surface area contributed by atoms with E-state index in [1.54, 1.807) is 0 Å². The number of ether oxygens (including phenoxy) is 1. The van der Waals surface area contributed by atoms with Crippen LogP contribution >= 0.6 is 0 Å². The first-order valence-corrected chi connectivity index (χ1v) is 7.67. The molecule has 1 fully saturated rings. The van der Waals surface area contributed by atoms with Gasteiger partial charge in [-0.1, -0.05) is 0 Å². The number of rotatable bonds is 4. The zero-order chi connectivity index (χ0) is 13.9. The molecule has 7 nitrogen and oxygen atoms in total. The second-order valence-corrected chi connectivity index (χ2v) is 6.27. The molecule has 2 rings (SSSR count). The maximum Gasteiger partial charge on any atom is 0.246 e. The smallest absolute Gasteiger partial charge is 0.246 e. The summed E-state index contributed by atoms with van der Waals surface area (Å²) in [6.45, 7) is 3.51. The molecular formula is C11H18N4O3S. The molecule has 0 unspecified atom stereocenters. The highest BCUT2D eigenvalue weighted by Crippen LogP contribution is 2.21. The molecule has 1 aliphatic rings. The average Bonchev–Trinajstić information content (AvgIpc) is 2.40. The van der Waals surface area contributed by atoms with Gasteiger partial charge in [0.05, 0.1) is 18.5 Å². The number of nitrogens with two attached hydrogens (primary N) is 1. The first kappa shape index (κ1) is 14.2. The normalized spacial score (nSPS) is 18.6. The van der Waals surface area contributed by atoms with Gasteiger partial charge in [-0.05, 0) is 19.8 Å². The fourth-order valence-electron chi connectivity index (χ4n) is 2.08. The predicted molar refractivity (Wildman–Crippen MR) is 69.9 cm³/mol. The molecule has 0 spiro atoms. The highest BCUT2D eigenvalue weighted by molar-refractivity contribution is 7.89. The molecule has 0 saturated carbocycles. The fourth-order valence-corrected chi connectivity index (χ4v) is 3.44. The van der Waals surface area contributed by atoms with Crippen LogP contribution in [0.4, 0.5) is 5.95 Å². The topological polar surface area (TPSA) is 98.4 Å². The largest absolute Gasteiger partial charge is 0.378 e. The molecule has 2 heterocycles. The highest BCUT2D eigenvalue weighted by Gasteiger charge is 2.29. The third-order valence-electron chi connectivity index (χ3n) is 3.09. The number of hydrogen-bond acceptors (Lipinski definition) is 6. The lowest BCUT2D eigenvalue weighted by Gasteiger charge is -2.30. The summed E-state index contributed by atoms with van der Waals surface area (Å²) in [6.07, 6.45) is 4.06. The Labute approximate surface area is 112 Å². The molecule has 2 N–H and O–H groups in total. The molecule has 1 saturated heterocycles. The Kier molecular flexibility index (Phi) is 4.33. The maximum atomic E-state index is 12.3. The monoisotopic (exact) mass is 286 g/mol. The van der Waals surface area contributed by atoms with Crippen molar-refractivity contribution < 1.29 is 13.2 Å². The van der Waals surface area contributed by atoms with Crippen LogP contribution in [0, 0.1) is 0 Å². The number of nitrogen functional groups attached to an aromatic ring is 1. The number of anilines is 1. The van der Waals surface area contributed by atoms with Crippen LogP contribution in [0.3, 0.4) is 0 Å². The van der Waals surface area contributed by atoms with Crippen molar-refractivity contribution in [3.8, 4) is 0 Å². The fraction of sp³-hybridized carbons (Fsp3) is 0.636. The summed E-state index contributed by atoms with van der Waals surface area (Å²) in [4.78, 5) is 7.52. The van der Waals surface area contributed by atoms with Crippen LogP contribution in [0.2, 0.25) is 0 Å². The van der Waals surface area contributed by atoms with Crippen molar-refractivity contribution in [1.82, 2.24) is 14.3 Å². The Morgan fingerprint density at radius 3 is 2.47 bits per heavy atom. The minimum atomic E-state index is -3.52. The van der Waals surface area contributed by atoms with Crippen molar-refractivity contribution in [2.45, 2.75) is 30.8 Å². The average molecular weight is 286 g/mol. The lowest BCUT2D eigenvalue weighted by atomic mass is 10.1. The molecule has 0 aromatic carbocycles. The molecule has 8 heteroatoms. The first-order valence-electron chi connectivity index (χ1n) is 6.23. The summed E-state index contributed by atoms with van der Waals surface area (Å²) in [7, 11) is -3.52. The molecule has 19 heavy (non-hydrogen) atoms. The zero-order valence-corrected chi connectivity index (χ0v) is 11.6. The molecule has 106 valence electrons. The van der Waals surface area contributed by atoms with Gasteiger partial charge in [-0.25, -0.2) is 18.4 Å². The molecule has 0 atom stereocenters. The van der Waals surface area contributed by atoms with Crippen molar-refractivity contribution >= 4 is 16.0 Å². The van der Waals surface area contributed by atoms with E-state index in [1.165, 1.54) is 16.7 Å². The van der Waals surface area contributed by atoms with E-state index >= 15 is 0 Å². The molecule has 0 bridgehead atoms. The Hall–Kier alpha value is -1.25. The van der Waals surface area contributed by atoms with Crippen molar-refractivity contribution in [1.29, 1.82) is 0 Å². The molecule has 0 aliphatic carbocycles. The van der Waals surface area contributed by atoms with Crippen molar-refractivity contribution in [2.75, 3.05) is 25.4 Å². The van der Waals surface area contributed by atoms with Crippen LogP contribution in [0.1, 0.15) is 19.8 Å². The molecule has 0 amide bonds. The second-order valence-electron chi connectivity index (χ2n) is 4.34. The number of sulfonamides is 1. The van der Waals surface area contributed by atoms with Gasteiger partial charge in [-0.2, -0.15) is 4.31 Å². The van der Waals surface area contributed by atoms with Crippen LogP contribution in [-0.4, -0.2) is 48.5 Å². The third-order valence-corrected chi connectivity index (χ3v) is 4.94. The number of aromatic nitrogens is 2. The molecule has 0 radical (unpaired) electrons. The highest BCUT2D eigenvalue weighted by atomic mass is 32.2. The SMILES string of the molecule is CCOC1CCN(S(=O)(=O)c2cnc(N)nc2)CC1. The van der Waals surface area contributed by atoms with Gasteiger partial charge < -0.3 is 10.5 Å². The maximum absolute atomic E-state index is 12.3. The van der Waals surface area contributed by atoms with E-state index in [0.717, 1.165) is 0 Å². The van der Waals surface area contributed by atoms with E-state index in [9.17, 15) is 8.42 Å². The van der Waals surface area contributed by atoms with E-state index in [1.807, 2.05) is 6.92 Å². The van der Waals surface area contributed by atoms with Gasteiger partial charge in [-0.3, -0.25) is 0 Å². The lowest BCUT2D eigenvalue weighted by Crippen LogP contribution is -2.40. The number of nitrogens with zero attached hydrogens (tertiary/aromatic N) is 3. The Morgan fingerprint density at radius 2 is 1.95 bits per heavy atom. The quantitative estimate of drug-likeness (QED) is 0.851. The van der Waals surface area contributed by atoms with Gasteiger partial charge in [0, 0.05) is 19.7 Å². The van der Waals surface area contributed by atoms with Crippen LogP contribution < -0.4 is 5.73 Å². The number of piperidine rings is 1. The summed E-state index contributed by atoms with van der Waals surface area (Å²) in [5.41, 5.74) is 5.35. The Morgan fingerprint density at radius 1 is 1.37 bits per heavy atom. The van der Waals surface area contributed by atoms with Crippen LogP contribution in [0.15, 0.2) is 17.3 Å². The summed E-state index contributed by atoms with van der Waals surface area (Å²) < 4.78 is 31.6. The van der Waals surface area contributed by atoms with Gasteiger partial charge in [-0.15, -0.1) is 0 Å². The summed E-state index contributed by atoms with van der Waals surface area (Å²) in [6, 6.07) is 0. The second kappa shape index (κ2) is 5.81. The zero-order valence-electron chi connectivity index (χ0n) is 10.8. The van der Waals surface area contributed by atoms with E-state index in [2.05, 4.69) is 9.97 Å². The summed E-state index contributed by atoms with van der Waals surface area (Å²) >= 11 is 0. The molecule has 1 aromatic heterocycles. The van der Waals surface area contributed by atoms with E-state index < -0.39 is 10.0 Å². The summed E-state index contributed by atoms with van der Waals surface area (Å²) in [5.74, 6) is 0.0639. The van der Waals surface area contributed by atoms with Gasteiger partial charge in [0.2, 0.25) is 16.0 Å². The van der Waals surface area contributed by atoms with Crippen molar-refractivity contribution in [3.05, 3.63) is 12.4 Å². The van der Waals surface area contributed by atoms with E-state index in [-0.39, 0.29) is 16.9 Å². The first-order chi connectivity index (χ1) is 9.04. The Balaban J connectivity index is 2.07. The predicted octanol–water partition coefficient (Wildman–Crippen LogP) is 0.248. The molecule has 1 aliphatic heterocycles. The molecule has 1 aromatic rings. The van der Waals surface area contributed by atoms with Crippen molar-refractivity contribution in [3.63, 3.8) is 0 Å². The standard InChI is InChI=1S/C11H18N4O3S/c1-2-18-9-3-5-15(6-4-9)19(16,17)10-7-13-11(12)14-8-10/h7-9H,2-6H2,1H3,(H2,12,13,14). The summed E-state index contributed by atoms with van der Waals surface area (Å²) in [5, 5.41) is 0. The lowest BCUT2D eigenvalue weighted by molar-refractivity contribution is 0.0290. The number of hydrogen-bond donors (Lipinski definition) is 1. The van der Waals surface area contributed by atoms with E-state index in [0.29, 0.717) is 32.5 Å². The van der Waals surface area contributed by atoms with Crippen LogP contribution in [-0.2, 0) is 14.8 Å². The minimum Gasteiger partial charge on any atom is -0.378 e. The van der Waals surface area contributed by atoms with E-state index in [4.69, 9.17) is 10.5 Å². The molecular weight excluding hydrogens is 268 g/mol. The van der Waals surface area contributed by atoms with Gasteiger partial charge in [0.25, 0.3) is 0 Å². The van der Waals surface area contributed by atoms with Crippen LogP contribution in [0.5, 0.6) is 0 Å². The van der Waals surface area contributed by atoms with Crippen LogP contribution in [0.25, 0.3) is 0 Å². The van der Waals surface area contributed by atoms with Gasteiger partial charge in [0.15, 0.2) is 0 Å².